The number of ether oxygens (including phenoxy) is 1. The summed E-state index contributed by atoms with van der Waals surface area (Å²) in [5, 5.41) is 0. The Morgan fingerprint density at radius 3 is 1.53 bits per heavy atom. The Morgan fingerprint density at radius 1 is 0.625 bits per heavy atom. The van der Waals surface area contributed by atoms with E-state index in [9.17, 15) is 9.59 Å². The first-order valence-electron chi connectivity index (χ1n) is 11.1. The third-order valence-electron chi connectivity index (χ3n) is 6.48. The van der Waals surface area contributed by atoms with Crippen molar-refractivity contribution in [3.05, 3.63) is 114 Å². The minimum Gasteiger partial charge on any atom is -0.492 e. The summed E-state index contributed by atoms with van der Waals surface area (Å²) in [4.78, 5) is 28.6. The maximum Gasteiger partial charge on any atom is 0.234 e. The van der Waals surface area contributed by atoms with E-state index in [1.807, 2.05) is 91.0 Å². The van der Waals surface area contributed by atoms with Crippen LogP contribution in [0.2, 0.25) is 0 Å². The van der Waals surface area contributed by atoms with Gasteiger partial charge in [0, 0.05) is 11.8 Å². The van der Waals surface area contributed by atoms with Gasteiger partial charge < -0.3 is 4.74 Å². The Balaban J connectivity index is 1.44. The molecule has 3 aromatic rings. The lowest BCUT2D eigenvalue weighted by Gasteiger charge is -2.32. The van der Waals surface area contributed by atoms with Crippen LogP contribution < -0.4 is 4.74 Å². The number of nitrogens with zero attached hydrogens (tertiary/aromatic N) is 1. The standard InChI is InChI=1S/C28H25NO3/c30-27-25-23(20-10-4-1-5-11-20)16-17-24(21-12-6-2-7-13-21)26(25)28(31)29(27)18-19-32-22-14-8-3-9-15-22/h1-17,23-26H,18-19H2. The van der Waals surface area contributed by atoms with Crippen LogP contribution in [0.25, 0.3) is 0 Å². The van der Waals surface area contributed by atoms with Gasteiger partial charge in [-0.1, -0.05) is 91.0 Å². The number of hydrogen-bond acceptors (Lipinski definition) is 3. The predicted octanol–water partition coefficient (Wildman–Crippen LogP) is 4.80. The van der Waals surface area contributed by atoms with E-state index in [4.69, 9.17) is 4.74 Å². The lowest BCUT2D eigenvalue weighted by atomic mass is 9.68. The molecular weight excluding hydrogens is 398 g/mol. The Labute approximate surface area is 188 Å². The van der Waals surface area contributed by atoms with Gasteiger partial charge in [0.25, 0.3) is 0 Å². The molecule has 0 saturated carbocycles. The molecule has 1 fully saturated rings. The van der Waals surface area contributed by atoms with E-state index in [-0.39, 0.29) is 36.8 Å². The van der Waals surface area contributed by atoms with Gasteiger partial charge >= 0.3 is 0 Å². The summed E-state index contributed by atoms with van der Waals surface area (Å²) in [7, 11) is 0. The van der Waals surface area contributed by atoms with Gasteiger partial charge in [-0.05, 0) is 23.3 Å². The Morgan fingerprint density at radius 2 is 1.06 bits per heavy atom. The smallest absolute Gasteiger partial charge is 0.234 e. The number of fused-ring (bicyclic) bond motifs is 1. The van der Waals surface area contributed by atoms with E-state index in [1.165, 1.54) is 4.90 Å². The number of benzene rings is 3. The molecule has 0 bridgehead atoms. The highest BCUT2D eigenvalue weighted by molar-refractivity contribution is 6.06. The first-order valence-corrected chi connectivity index (χ1v) is 11.1. The molecule has 1 aliphatic carbocycles. The molecule has 2 amide bonds. The number of imide groups is 1. The fourth-order valence-corrected chi connectivity index (χ4v) is 4.99. The molecule has 4 heteroatoms. The van der Waals surface area contributed by atoms with Gasteiger partial charge in [0.05, 0.1) is 18.4 Å². The molecule has 0 radical (unpaired) electrons. The van der Waals surface area contributed by atoms with Crippen molar-refractivity contribution >= 4 is 11.8 Å². The summed E-state index contributed by atoms with van der Waals surface area (Å²) < 4.78 is 5.78. The highest BCUT2D eigenvalue weighted by atomic mass is 16.5. The fraction of sp³-hybridized carbons (Fsp3) is 0.214. The second-order valence-electron chi connectivity index (χ2n) is 8.30. The number of para-hydroxylation sites is 1. The van der Waals surface area contributed by atoms with Crippen LogP contribution >= 0.6 is 0 Å². The lowest BCUT2D eigenvalue weighted by molar-refractivity contribution is -0.140. The lowest BCUT2D eigenvalue weighted by Crippen LogP contribution is -2.35. The van der Waals surface area contributed by atoms with Gasteiger partial charge in [-0.2, -0.15) is 0 Å². The van der Waals surface area contributed by atoms with Crippen LogP contribution in [0.15, 0.2) is 103 Å². The number of carbonyl (C=O) groups is 2. The van der Waals surface area contributed by atoms with Crippen molar-refractivity contribution in [2.24, 2.45) is 11.8 Å². The van der Waals surface area contributed by atoms with Gasteiger partial charge in [0.15, 0.2) is 0 Å². The monoisotopic (exact) mass is 423 g/mol. The summed E-state index contributed by atoms with van der Waals surface area (Å²) in [6, 6.07) is 29.5. The van der Waals surface area contributed by atoms with Crippen molar-refractivity contribution < 1.29 is 14.3 Å². The fourth-order valence-electron chi connectivity index (χ4n) is 4.99. The van der Waals surface area contributed by atoms with Crippen molar-refractivity contribution in [2.75, 3.05) is 13.2 Å². The van der Waals surface area contributed by atoms with Gasteiger partial charge in [0.2, 0.25) is 11.8 Å². The normalized spacial score (nSPS) is 24.4. The summed E-state index contributed by atoms with van der Waals surface area (Å²) in [5.41, 5.74) is 2.13. The summed E-state index contributed by atoms with van der Waals surface area (Å²) in [5.74, 6) is -0.509. The van der Waals surface area contributed by atoms with Crippen LogP contribution in [0.3, 0.4) is 0 Å². The van der Waals surface area contributed by atoms with E-state index in [0.717, 1.165) is 16.9 Å². The first-order chi connectivity index (χ1) is 15.7. The van der Waals surface area contributed by atoms with Crippen molar-refractivity contribution in [2.45, 2.75) is 11.8 Å². The van der Waals surface area contributed by atoms with Crippen LogP contribution in [0.5, 0.6) is 5.75 Å². The molecule has 4 atom stereocenters. The van der Waals surface area contributed by atoms with Gasteiger partial charge in [-0.25, -0.2) is 0 Å². The Hall–Kier alpha value is -3.66. The molecule has 4 unspecified atom stereocenters. The Kier molecular flexibility index (Phi) is 5.59. The molecule has 0 aromatic heterocycles. The molecule has 1 aliphatic heterocycles. The highest BCUT2D eigenvalue weighted by Gasteiger charge is 2.54. The van der Waals surface area contributed by atoms with Crippen LogP contribution in [-0.4, -0.2) is 29.9 Å². The van der Waals surface area contributed by atoms with Crippen molar-refractivity contribution in [3.8, 4) is 5.75 Å². The van der Waals surface area contributed by atoms with Crippen LogP contribution in [-0.2, 0) is 9.59 Å². The maximum absolute atomic E-state index is 13.6. The molecule has 32 heavy (non-hydrogen) atoms. The molecule has 1 saturated heterocycles. The van der Waals surface area contributed by atoms with Crippen LogP contribution in [0.4, 0.5) is 0 Å². The zero-order valence-electron chi connectivity index (χ0n) is 17.7. The van der Waals surface area contributed by atoms with Crippen molar-refractivity contribution in [3.63, 3.8) is 0 Å². The number of allylic oxidation sites excluding steroid dienone is 2. The van der Waals surface area contributed by atoms with Crippen LogP contribution in [0, 0.1) is 11.8 Å². The first kappa shape index (κ1) is 20.3. The number of carbonyl (C=O) groups excluding carboxylic acids is 2. The molecule has 160 valence electrons. The molecule has 3 aromatic carbocycles. The molecular formula is C28H25NO3. The topological polar surface area (TPSA) is 46.6 Å². The third-order valence-corrected chi connectivity index (χ3v) is 6.48. The van der Waals surface area contributed by atoms with E-state index in [0.29, 0.717) is 0 Å². The van der Waals surface area contributed by atoms with E-state index >= 15 is 0 Å². The summed E-state index contributed by atoms with van der Waals surface area (Å²) in [6.45, 7) is 0.531. The van der Waals surface area contributed by atoms with Gasteiger partial charge in [-0.15, -0.1) is 0 Å². The summed E-state index contributed by atoms with van der Waals surface area (Å²) in [6.07, 6.45) is 4.23. The summed E-state index contributed by atoms with van der Waals surface area (Å²) >= 11 is 0. The maximum atomic E-state index is 13.6. The zero-order chi connectivity index (χ0) is 21.9. The van der Waals surface area contributed by atoms with E-state index in [2.05, 4.69) is 12.2 Å². The zero-order valence-corrected chi connectivity index (χ0v) is 17.7. The molecule has 5 rings (SSSR count). The SMILES string of the molecule is O=C1C2C(c3ccccc3)C=CC(c3ccccc3)C2C(=O)N1CCOc1ccccc1. The third kappa shape index (κ3) is 3.73. The second-order valence-corrected chi connectivity index (χ2v) is 8.30. The number of hydrogen-bond donors (Lipinski definition) is 0. The minimum atomic E-state index is -0.406. The van der Waals surface area contributed by atoms with E-state index < -0.39 is 11.8 Å². The average Bonchev–Trinajstić information content (AvgIpc) is 3.11. The predicted molar refractivity (Wildman–Crippen MR) is 123 cm³/mol. The minimum absolute atomic E-state index is 0.101. The highest BCUT2D eigenvalue weighted by Crippen LogP contribution is 2.49. The van der Waals surface area contributed by atoms with Crippen molar-refractivity contribution in [1.29, 1.82) is 0 Å². The van der Waals surface area contributed by atoms with Gasteiger partial charge in [-0.3, -0.25) is 14.5 Å². The Bertz CT molecular complexity index is 1040. The largest absolute Gasteiger partial charge is 0.492 e. The average molecular weight is 424 g/mol. The number of likely N-dealkylation sites (tertiary alicyclic amines) is 1. The van der Waals surface area contributed by atoms with E-state index in [1.54, 1.807) is 0 Å². The molecule has 0 N–H and O–H groups in total. The van der Waals surface area contributed by atoms with Crippen molar-refractivity contribution in [1.82, 2.24) is 4.90 Å². The van der Waals surface area contributed by atoms with Gasteiger partial charge in [0.1, 0.15) is 12.4 Å². The number of amides is 2. The molecule has 4 nitrogen and oxygen atoms in total. The van der Waals surface area contributed by atoms with Crippen LogP contribution in [0.1, 0.15) is 23.0 Å². The quantitative estimate of drug-likeness (QED) is 0.422. The number of rotatable bonds is 6. The molecule has 0 spiro atoms. The second kappa shape index (κ2) is 8.83. The molecule has 1 heterocycles. The molecule has 2 aliphatic rings.